The summed E-state index contributed by atoms with van der Waals surface area (Å²) in [5, 5.41) is 2.73. The van der Waals surface area contributed by atoms with Crippen LogP contribution in [0, 0.1) is 0 Å². The van der Waals surface area contributed by atoms with E-state index in [0.717, 1.165) is 18.8 Å². The molecule has 1 N–H and O–H groups in total. The van der Waals surface area contributed by atoms with Crippen molar-refractivity contribution < 1.29 is 9.59 Å². The van der Waals surface area contributed by atoms with Gasteiger partial charge in [0.05, 0.1) is 0 Å². The number of anilines is 2. The molecule has 0 atom stereocenters. The van der Waals surface area contributed by atoms with Crippen LogP contribution < -0.4 is 15.1 Å². The van der Waals surface area contributed by atoms with E-state index in [9.17, 15) is 9.59 Å². The molecule has 5 heteroatoms. The van der Waals surface area contributed by atoms with Crippen LogP contribution in [0.5, 0.6) is 0 Å². The van der Waals surface area contributed by atoms with Crippen LogP contribution >= 0.6 is 0 Å². The van der Waals surface area contributed by atoms with E-state index in [0.29, 0.717) is 13.1 Å². The zero-order valence-corrected chi connectivity index (χ0v) is 14.5. The normalized spacial score (nSPS) is 14.1. The topological polar surface area (TPSA) is 52.7 Å². The Morgan fingerprint density at radius 3 is 2.46 bits per heavy atom. The number of piperidine rings is 1. The number of amides is 2. The number of nitrogens with one attached hydrogen (secondary N) is 1. The maximum Gasteiger partial charge on any atom is 0.223 e. The standard InChI is InChI=1S/C19H27N3O2/c1-3-12-20-19(24)11-15-22(16(2)23)18-9-7-17(8-10-18)21-13-5-4-6-14-21/h3,7-10H,1,4-6,11-15H2,2H3,(H,20,24). The van der Waals surface area contributed by atoms with Crippen LogP contribution in [0.25, 0.3) is 0 Å². The van der Waals surface area contributed by atoms with Crippen molar-refractivity contribution in [1.82, 2.24) is 5.32 Å². The molecule has 5 nitrogen and oxygen atoms in total. The van der Waals surface area contributed by atoms with Gasteiger partial charge in [-0.15, -0.1) is 6.58 Å². The molecule has 0 aliphatic carbocycles. The van der Waals surface area contributed by atoms with Gasteiger partial charge in [0, 0.05) is 50.9 Å². The van der Waals surface area contributed by atoms with Crippen LogP contribution in [0.3, 0.4) is 0 Å². The second kappa shape index (κ2) is 9.11. The van der Waals surface area contributed by atoms with E-state index in [-0.39, 0.29) is 18.2 Å². The minimum atomic E-state index is -0.0777. The molecule has 0 spiro atoms. The van der Waals surface area contributed by atoms with E-state index in [1.807, 2.05) is 12.1 Å². The molecule has 1 heterocycles. The summed E-state index contributed by atoms with van der Waals surface area (Å²) in [5.41, 5.74) is 2.03. The van der Waals surface area contributed by atoms with Crippen molar-refractivity contribution in [3.8, 4) is 0 Å². The number of nitrogens with zero attached hydrogens (tertiary/aromatic N) is 2. The average Bonchev–Trinajstić information content (AvgIpc) is 2.61. The molecule has 130 valence electrons. The minimum absolute atomic E-state index is 0.0581. The minimum Gasteiger partial charge on any atom is -0.372 e. The highest BCUT2D eigenvalue weighted by Crippen LogP contribution is 2.24. The van der Waals surface area contributed by atoms with E-state index in [2.05, 4.69) is 28.9 Å². The van der Waals surface area contributed by atoms with Gasteiger partial charge in [-0.25, -0.2) is 0 Å². The Morgan fingerprint density at radius 1 is 1.21 bits per heavy atom. The van der Waals surface area contributed by atoms with E-state index in [1.54, 1.807) is 11.0 Å². The van der Waals surface area contributed by atoms with Gasteiger partial charge < -0.3 is 15.1 Å². The fraction of sp³-hybridized carbons (Fsp3) is 0.474. The molecule has 2 amide bonds. The number of benzene rings is 1. The van der Waals surface area contributed by atoms with E-state index < -0.39 is 0 Å². The predicted molar refractivity (Wildman–Crippen MR) is 98.4 cm³/mol. The fourth-order valence-electron chi connectivity index (χ4n) is 2.95. The molecule has 0 unspecified atom stereocenters. The van der Waals surface area contributed by atoms with Crippen LogP contribution in [0.4, 0.5) is 11.4 Å². The third-order valence-corrected chi connectivity index (χ3v) is 4.27. The van der Waals surface area contributed by atoms with E-state index in [4.69, 9.17) is 0 Å². The molecule has 1 aliphatic rings. The Morgan fingerprint density at radius 2 is 1.88 bits per heavy atom. The van der Waals surface area contributed by atoms with Crippen molar-refractivity contribution in [3.05, 3.63) is 36.9 Å². The summed E-state index contributed by atoms with van der Waals surface area (Å²) in [4.78, 5) is 27.7. The third kappa shape index (κ3) is 5.11. The molecule has 0 bridgehead atoms. The van der Waals surface area contributed by atoms with Gasteiger partial charge in [0.25, 0.3) is 0 Å². The first-order chi connectivity index (χ1) is 11.6. The van der Waals surface area contributed by atoms with Crippen molar-refractivity contribution in [2.45, 2.75) is 32.6 Å². The molecule has 1 aromatic rings. The van der Waals surface area contributed by atoms with Crippen LogP contribution in [0.1, 0.15) is 32.6 Å². The van der Waals surface area contributed by atoms with Gasteiger partial charge in [-0.05, 0) is 43.5 Å². The first-order valence-electron chi connectivity index (χ1n) is 8.62. The number of carbonyl (C=O) groups is 2. The monoisotopic (exact) mass is 329 g/mol. The van der Waals surface area contributed by atoms with Gasteiger partial charge in [-0.3, -0.25) is 9.59 Å². The Kier molecular flexibility index (Phi) is 6.85. The molecular weight excluding hydrogens is 302 g/mol. The van der Waals surface area contributed by atoms with Gasteiger partial charge in [-0.2, -0.15) is 0 Å². The third-order valence-electron chi connectivity index (χ3n) is 4.27. The Balaban J connectivity index is 1.98. The number of hydrogen-bond donors (Lipinski definition) is 1. The summed E-state index contributed by atoms with van der Waals surface area (Å²) in [5.74, 6) is -0.136. The second-order valence-electron chi connectivity index (χ2n) is 6.08. The Labute approximate surface area is 144 Å². The smallest absolute Gasteiger partial charge is 0.223 e. The molecular formula is C19H27N3O2. The molecule has 0 saturated carbocycles. The summed E-state index contributed by atoms with van der Waals surface area (Å²) in [6.07, 6.45) is 5.70. The molecule has 1 aliphatic heterocycles. The lowest BCUT2D eigenvalue weighted by molar-refractivity contribution is -0.120. The van der Waals surface area contributed by atoms with Gasteiger partial charge in [0.2, 0.25) is 11.8 Å². The molecule has 1 fully saturated rings. The van der Waals surface area contributed by atoms with Crippen molar-refractivity contribution in [2.75, 3.05) is 36.0 Å². The van der Waals surface area contributed by atoms with Gasteiger partial charge in [-0.1, -0.05) is 6.08 Å². The molecule has 1 aromatic carbocycles. The zero-order valence-electron chi connectivity index (χ0n) is 14.5. The summed E-state index contributed by atoms with van der Waals surface area (Å²) >= 11 is 0. The lowest BCUT2D eigenvalue weighted by Gasteiger charge is -2.29. The van der Waals surface area contributed by atoms with Crippen LogP contribution in [-0.4, -0.2) is 38.0 Å². The summed E-state index contributed by atoms with van der Waals surface area (Å²) in [6.45, 7) is 8.11. The number of hydrogen-bond acceptors (Lipinski definition) is 3. The van der Waals surface area contributed by atoms with E-state index >= 15 is 0 Å². The van der Waals surface area contributed by atoms with Crippen LogP contribution in [0.2, 0.25) is 0 Å². The summed E-state index contributed by atoms with van der Waals surface area (Å²) in [6, 6.07) is 8.06. The van der Waals surface area contributed by atoms with Gasteiger partial charge >= 0.3 is 0 Å². The van der Waals surface area contributed by atoms with Gasteiger partial charge in [0.1, 0.15) is 0 Å². The lowest BCUT2D eigenvalue weighted by Crippen LogP contribution is -2.34. The highest BCUT2D eigenvalue weighted by Gasteiger charge is 2.15. The van der Waals surface area contributed by atoms with Crippen LogP contribution in [-0.2, 0) is 9.59 Å². The molecule has 24 heavy (non-hydrogen) atoms. The zero-order chi connectivity index (χ0) is 17.4. The van der Waals surface area contributed by atoms with Crippen molar-refractivity contribution in [2.24, 2.45) is 0 Å². The maximum absolute atomic E-state index is 11.9. The van der Waals surface area contributed by atoms with Crippen molar-refractivity contribution >= 4 is 23.2 Å². The highest BCUT2D eigenvalue weighted by atomic mass is 16.2. The molecule has 0 radical (unpaired) electrons. The fourth-order valence-corrected chi connectivity index (χ4v) is 2.95. The molecule has 2 rings (SSSR count). The first kappa shape index (κ1) is 18.0. The average molecular weight is 329 g/mol. The highest BCUT2D eigenvalue weighted by molar-refractivity contribution is 5.92. The first-order valence-corrected chi connectivity index (χ1v) is 8.62. The van der Waals surface area contributed by atoms with E-state index in [1.165, 1.54) is 31.9 Å². The SMILES string of the molecule is C=CCNC(=O)CCN(C(C)=O)c1ccc(N2CCCCC2)cc1. The molecule has 0 aromatic heterocycles. The quantitative estimate of drug-likeness (QED) is 0.783. The largest absolute Gasteiger partial charge is 0.372 e. The number of carbonyl (C=O) groups excluding carboxylic acids is 2. The Hall–Kier alpha value is -2.30. The van der Waals surface area contributed by atoms with Crippen LogP contribution in [0.15, 0.2) is 36.9 Å². The summed E-state index contributed by atoms with van der Waals surface area (Å²) < 4.78 is 0. The van der Waals surface area contributed by atoms with Gasteiger partial charge in [0.15, 0.2) is 0 Å². The second-order valence-corrected chi connectivity index (χ2v) is 6.08. The Bertz CT molecular complexity index is 562. The lowest BCUT2D eigenvalue weighted by atomic mass is 10.1. The van der Waals surface area contributed by atoms with Crippen molar-refractivity contribution in [1.29, 1.82) is 0 Å². The van der Waals surface area contributed by atoms with Crippen molar-refractivity contribution in [3.63, 3.8) is 0 Å². The predicted octanol–water partition coefficient (Wildman–Crippen LogP) is 2.72. The maximum atomic E-state index is 11.9. The molecule has 1 saturated heterocycles. The summed E-state index contributed by atoms with van der Waals surface area (Å²) in [7, 11) is 0. The number of rotatable bonds is 7.